The molecule has 0 saturated carbocycles. The number of ether oxygens (including phenoxy) is 2. The van der Waals surface area contributed by atoms with E-state index in [1.54, 1.807) is 14.0 Å². The SMILES string of the molecule is CCOC(=O)c1c(-c2ccc(OC)cc2)nsc1-c1ccccc1. The molecule has 2 aromatic carbocycles. The van der Waals surface area contributed by atoms with Gasteiger partial charge in [0.2, 0.25) is 0 Å². The van der Waals surface area contributed by atoms with Crippen LogP contribution in [0.2, 0.25) is 0 Å². The maximum absolute atomic E-state index is 12.5. The Morgan fingerprint density at radius 2 is 1.75 bits per heavy atom. The topological polar surface area (TPSA) is 48.4 Å². The first-order valence-electron chi connectivity index (χ1n) is 7.61. The van der Waals surface area contributed by atoms with Crippen LogP contribution in [0.1, 0.15) is 17.3 Å². The second-order valence-corrected chi connectivity index (χ2v) is 5.82. The number of methoxy groups -OCH3 is 1. The Kier molecular flexibility index (Phi) is 4.91. The number of hydrogen-bond donors (Lipinski definition) is 0. The van der Waals surface area contributed by atoms with E-state index in [-0.39, 0.29) is 5.97 Å². The molecular formula is C19H17NO3S. The van der Waals surface area contributed by atoms with Gasteiger partial charge in [0.25, 0.3) is 0 Å². The van der Waals surface area contributed by atoms with Gasteiger partial charge in [-0.1, -0.05) is 30.3 Å². The molecule has 0 aliphatic carbocycles. The van der Waals surface area contributed by atoms with Crippen LogP contribution in [0.15, 0.2) is 54.6 Å². The minimum absolute atomic E-state index is 0.324. The van der Waals surface area contributed by atoms with Crippen LogP contribution >= 0.6 is 11.5 Å². The highest BCUT2D eigenvalue weighted by molar-refractivity contribution is 7.10. The fraction of sp³-hybridized carbons (Fsp3) is 0.158. The lowest BCUT2D eigenvalue weighted by Gasteiger charge is -2.07. The summed E-state index contributed by atoms with van der Waals surface area (Å²) in [7, 11) is 1.62. The molecule has 0 radical (unpaired) electrons. The number of rotatable bonds is 5. The third kappa shape index (κ3) is 3.16. The molecule has 0 atom stereocenters. The van der Waals surface area contributed by atoms with Crippen molar-refractivity contribution in [1.82, 2.24) is 4.37 Å². The lowest BCUT2D eigenvalue weighted by atomic mass is 10.0. The minimum Gasteiger partial charge on any atom is -0.497 e. The number of nitrogens with zero attached hydrogens (tertiary/aromatic N) is 1. The summed E-state index contributed by atoms with van der Waals surface area (Å²) >= 11 is 1.31. The highest BCUT2D eigenvalue weighted by Crippen LogP contribution is 2.36. The van der Waals surface area contributed by atoms with Gasteiger partial charge in [-0.25, -0.2) is 4.79 Å². The van der Waals surface area contributed by atoms with Crippen molar-refractivity contribution in [2.75, 3.05) is 13.7 Å². The van der Waals surface area contributed by atoms with Crippen LogP contribution in [-0.4, -0.2) is 24.1 Å². The third-order valence-electron chi connectivity index (χ3n) is 3.57. The second-order valence-electron chi connectivity index (χ2n) is 5.05. The highest BCUT2D eigenvalue weighted by atomic mass is 32.1. The number of esters is 1. The molecule has 0 amide bonds. The molecule has 0 fully saturated rings. The van der Waals surface area contributed by atoms with Gasteiger partial charge in [-0.3, -0.25) is 0 Å². The maximum Gasteiger partial charge on any atom is 0.341 e. The van der Waals surface area contributed by atoms with Crippen LogP contribution in [0.5, 0.6) is 5.75 Å². The van der Waals surface area contributed by atoms with Crippen molar-refractivity contribution in [1.29, 1.82) is 0 Å². The smallest absolute Gasteiger partial charge is 0.341 e. The lowest BCUT2D eigenvalue weighted by Crippen LogP contribution is -2.06. The molecule has 0 aliphatic rings. The van der Waals surface area contributed by atoms with Gasteiger partial charge < -0.3 is 9.47 Å². The van der Waals surface area contributed by atoms with Crippen molar-refractivity contribution in [2.45, 2.75) is 6.92 Å². The third-order valence-corrected chi connectivity index (χ3v) is 4.47. The Labute approximate surface area is 144 Å². The first kappa shape index (κ1) is 16.2. The average molecular weight is 339 g/mol. The molecule has 0 saturated heterocycles. The zero-order valence-electron chi connectivity index (χ0n) is 13.5. The normalized spacial score (nSPS) is 10.4. The zero-order chi connectivity index (χ0) is 16.9. The number of hydrogen-bond acceptors (Lipinski definition) is 5. The van der Waals surface area contributed by atoms with Crippen LogP contribution in [0.3, 0.4) is 0 Å². The molecule has 1 heterocycles. The van der Waals surface area contributed by atoms with Crippen LogP contribution in [0.25, 0.3) is 21.7 Å². The molecule has 5 heteroatoms. The van der Waals surface area contributed by atoms with E-state index in [1.165, 1.54) is 11.5 Å². The Bertz CT molecular complexity index is 826. The first-order chi connectivity index (χ1) is 11.7. The van der Waals surface area contributed by atoms with E-state index in [0.717, 1.165) is 21.8 Å². The Morgan fingerprint density at radius 3 is 2.38 bits per heavy atom. The molecule has 0 aliphatic heterocycles. The zero-order valence-corrected chi connectivity index (χ0v) is 14.3. The van der Waals surface area contributed by atoms with Crippen LogP contribution in [-0.2, 0) is 4.74 Å². The average Bonchev–Trinajstić information content (AvgIpc) is 3.08. The van der Waals surface area contributed by atoms with Gasteiger partial charge >= 0.3 is 5.97 Å². The maximum atomic E-state index is 12.5. The van der Waals surface area contributed by atoms with Crippen molar-refractivity contribution < 1.29 is 14.3 Å². The summed E-state index contributed by atoms with van der Waals surface area (Å²) in [6.07, 6.45) is 0. The predicted molar refractivity (Wildman–Crippen MR) is 95.5 cm³/mol. The summed E-state index contributed by atoms with van der Waals surface area (Å²) in [4.78, 5) is 13.4. The van der Waals surface area contributed by atoms with E-state index in [9.17, 15) is 4.79 Å². The molecule has 1 aromatic heterocycles. The molecule has 0 unspecified atom stereocenters. The highest BCUT2D eigenvalue weighted by Gasteiger charge is 2.24. The summed E-state index contributed by atoms with van der Waals surface area (Å²) in [6.45, 7) is 2.12. The van der Waals surface area contributed by atoms with Crippen molar-refractivity contribution in [3.63, 3.8) is 0 Å². The van der Waals surface area contributed by atoms with E-state index < -0.39 is 0 Å². The van der Waals surface area contributed by atoms with Crippen molar-refractivity contribution in [3.8, 4) is 27.4 Å². The Hall–Kier alpha value is -2.66. The van der Waals surface area contributed by atoms with Gasteiger partial charge in [0.1, 0.15) is 11.3 Å². The Morgan fingerprint density at radius 1 is 1.04 bits per heavy atom. The minimum atomic E-state index is -0.351. The van der Waals surface area contributed by atoms with Crippen molar-refractivity contribution >= 4 is 17.5 Å². The summed E-state index contributed by atoms with van der Waals surface area (Å²) < 4.78 is 15.0. The van der Waals surface area contributed by atoms with E-state index in [2.05, 4.69) is 4.37 Å². The number of benzene rings is 2. The summed E-state index contributed by atoms with van der Waals surface area (Å²) in [5.74, 6) is 0.408. The molecule has 24 heavy (non-hydrogen) atoms. The monoisotopic (exact) mass is 339 g/mol. The van der Waals surface area contributed by atoms with Crippen LogP contribution in [0.4, 0.5) is 0 Å². The lowest BCUT2D eigenvalue weighted by molar-refractivity contribution is 0.0528. The molecule has 0 bridgehead atoms. The standard InChI is InChI=1S/C19H17NO3S/c1-3-23-19(21)16-17(13-9-11-15(22-2)12-10-13)20-24-18(16)14-7-5-4-6-8-14/h4-12H,3H2,1-2H3. The van der Waals surface area contributed by atoms with Crippen molar-refractivity contribution in [2.24, 2.45) is 0 Å². The van der Waals surface area contributed by atoms with Gasteiger partial charge in [-0.05, 0) is 48.3 Å². The summed E-state index contributed by atoms with van der Waals surface area (Å²) in [5, 5.41) is 0. The quantitative estimate of drug-likeness (QED) is 0.634. The molecule has 0 N–H and O–H groups in total. The first-order valence-corrected chi connectivity index (χ1v) is 8.38. The summed E-state index contributed by atoms with van der Waals surface area (Å²) in [6, 6.07) is 17.3. The number of carbonyl (C=O) groups is 1. The fourth-order valence-corrected chi connectivity index (χ4v) is 3.31. The largest absolute Gasteiger partial charge is 0.497 e. The molecule has 3 rings (SSSR count). The van der Waals surface area contributed by atoms with Crippen molar-refractivity contribution in [3.05, 3.63) is 60.2 Å². The van der Waals surface area contributed by atoms with E-state index in [0.29, 0.717) is 17.9 Å². The van der Waals surface area contributed by atoms with Gasteiger partial charge in [0.15, 0.2) is 0 Å². The van der Waals surface area contributed by atoms with E-state index in [4.69, 9.17) is 9.47 Å². The van der Waals surface area contributed by atoms with Gasteiger partial charge in [-0.2, -0.15) is 4.37 Å². The van der Waals surface area contributed by atoms with Crippen LogP contribution < -0.4 is 4.74 Å². The Balaban J connectivity index is 2.12. The predicted octanol–water partition coefficient (Wildman–Crippen LogP) is 4.66. The number of aromatic nitrogens is 1. The molecule has 3 aromatic rings. The van der Waals surface area contributed by atoms with E-state index in [1.807, 2.05) is 54.6 Å². The molecule has 0 spiro atoms. The molecule has 4 nitrogen and oxygen atoms in total. The number of carbonyl (C=O) groups excluding carboxylic acids is 1. The second kappa shape index (κ2) is 7.27. The van der Waals surface area contributed by atoms with Gasteiger partial charge in [0, 0.05) is 5.56 Å². The summed E-state index contributed by atoms with van der Waals surface area (Å²) in [5.41, 5.74) is 2.97. The van der Waals surface area contributed by atoms with E-state index >= 15 is 0 Å². The van der Waals surface area contributed by atoms with Gasteiger partial charge in [-0.15, -0.1) is 0 Å². The van der Waals surface area contributed by atoms with Crippen LogP contribution in [0, 0.1) is 0 Å². The van der Waals surface area contributed by atoms with Gasteiger partial charge in [0.05, 0.1) is 24.3 Å². The molecular weight excluding hydrogens is 322 g/mol. The fourth-order valence-electron chi connectivity index (χ4n) is 2.42. The molecule has 122 valence electrons.